The summed E-state index contributed by atoms with van der Waals surface area (Å²) in [4.78, 5) is 18.0. The summed E-state index contributed by atoms with van der Waals surface area (Å²) in [5, 5.41) is -2.50. The first-order valence-electron chi connectivity index (χ1n) is 18.3. The number of carbonyl (C=O) groups excluding carboxylic acids is 1. The van der Waals surface area contributed by atoms with Crippen LogP contribution in [0, 0.1) is 0 Å². The Morgan fingerprint density at radius 3 is 1.73 bits per heavy atom. The van der Waals surface area contributed by atoms with E-state index in [0.717, 1.165) is 48.4 Å². The van der Waals surface area contributed by atoms with Gasteiger partial charge in [-0.05, 0) is 99.9 Å². The lowest BCUT2D eigenvalue weighted by Crippen LogP contribution is -2.51. The van der Waals surface area contributed by atoms with E-state index in [1.807, 2.05) is 65.8 Å². The molecule has 2 aliphatic heterocycles. The van der Waals surface area contributed by atoms with Crippen molar-refractivity contribution in [3.05, 3.63) is 70.3 Å². The lowest BCUT2D eigenvalue weighted by Gasteiger charge is -2.53. The van der Waals surface area contributed by atoms with Gasteiger partial charge in [-0.15, -0.1) is 6.58 Å². The van der Waals surface area contributed by atoms with E-state index in [-0.39, 0.29) is 17.7 Å². The molecule has 0 radical (unpaired) electrons. The Kier molecular flexibility index (Phi) is 12.0. The Balaban J connectivity index is 1.99. The van der Waals surface area contributed by atoms with Crippen LogP contribution in [0.3, 0.4) is 0 Å². The standard InChI is InChI=1S/C39H55F3N3O6P/c1-10-19-50-52(47,45(26(2)3)27(4)5)38(51-36(46)39(40,41)42)32-22-28-13-11-15-43(17-20-48-8)34(28)24-30(32)37(6,7)31-25-35-29(23-33(31)38)14-12-16-44(35)18-21-49-9/h10,22-27H,1,11-21H2,2-9H3. The molecule has 2 heterocycles. The first kappa shape index (κ1) is 40.3. The van der Waals surface area contributed by atoms with Crippen molar-refractivity contribution < 1.29 is 41.3 Å². The lowest BCUT2D eigenvalue weighted by atomic mass is 9.66. The minimum Gasteiger partial charge on any atom is -0.430 e. The van der Waals surface area contributed by atoms with Gasteiger partial charge < -0.3 is 28.5 Å². The molecule has 9 nitrogen and oxygen atoms in total. The summed E-state index contributed by atoms with van der Waals surface area (Å²) in [5.74, 6) is -2.43. The Morgan fingerprint density at radius 1 is 0.885 bits per heavy atom. The molecule has 13 heteroatoms. The SMILES string of the molecule is C=CCOP(=O)(N(C(C)C)C(C)C)C1(OC(=O)C(F)(F)F)c2cc3c(cc2C(C)(C)c2cc4c(cc21)CCCN4CCOC)N(CCOC)CCC3. The molecule has 0 saturated heterocycles. The third-order valence-corrected chi connectivity index (χ3v) is 14.1. The summed E-state index contributed by atoms with van der Waals surface area (Å²) in [6, 6.07) is 6.73. The van der Waals surface area contributed by atoms with Crippen LogP contribution in [0.1, 0.15) is 87.8 Å². The Hall–Kier alpha value is -2.89. The molecule has 0 fully saturated rings. The molecule has 3 aliphatic rings. The number of fused-ring (bicyclic) bond motifs is 4. The predicted octanol–water partition coefficient (Wildman–Crippen LogP) is 7.95. The molecule has 1 unspecified atom stereocenters. The van der Waals surface area contributed by atoms with Crippen LogP contribution in [0.25, 0.3) is 0 Å². The van der Waals surface area contributed by atoms with Crippen LogP contribution in [0.5, 0.6) is 0 Å². The molecule has 1 aliphatic carbocycles. The molecule has 288 valence electrons. The minimum atomic E-state index is -5.39. The second-order valence-electron chi connectivity index (χ2n) is 15.0. The maximum Gasteiger partial charge on any atom is 0.490 e. The van der Waals surface area contributed by atoms with Gasteiger partial charge in [0.1, 0.15) is 0 Å². The second-order valence-corrected chi connectivity index (χ2v) is 17.4. The molecule has 0 spiro atoms. The molecule has 0 saturated carbocycles. The predicted molar refractivity (Wildman–Crippen MR) is 199 cm³/mol. The Bertz CT molecular complexity index is 1610. The zero-order valence-electron chi connectivity index (χ0n) is 31.9. The summed E-state index contributed by atoms with van der Waals surface area (Å²) < 4.78 is 85.3. The van der Waals surface area contributed by atoms with Gasteiger partial charge in [0.15, 0.2) is 0 Å². The first-order chi connectivity index (χ1) is 24.5. The molecule has 0 bridgehead atoms. The number of methoxy groups -OCH3 is 2. The molecule has 2 aromatic carbocycles. The van der Waals surface area contributed by atoms with Gasteiger partial charge in [-0.25, -0.2) is 9.46 Å². The number of alkyl halides is 3. The molecule has 2 aromatic rings. The summed E-state index contributed by atoms with van der Waals surface area (Å²) in [6.07, 6.45) is -1.11. The van der Waals surface area contributed by atoms with E-state index in [2.05, 4.69) is 16.4 Å². The Labute approximate surface area is 306 Å². The molecule has 0 N–H and O–H groups in total. The highest BCUT2D eigenvalue weighted by Gasteiger charge is 2.67. The zero-order chi connectivity index (χ0) is 38.2. The molecular weight excluding hydrogens is 694 g/mol. The van der Waals surface area contributed by atoms with Crippen molar-refractivity contribution in [2.45, 2.75) is 96.2 Å². The number of nitrogens with zero attached hydrogens (tertiary/aromatic N) is 3. The molecule has 1 atom stereocenters. The Morgan fingerprint density at radius 2 is 1.35 bits per heavy atom. The number of carbonyl (C=O) groups is 1. The largest absolute Gasteiger partial charge is 0.490 e. The van der Waals surface area contributed by atoms with Crippen LogP contribution < -0.4 is 9.80 Å². The highest BCUT2D eigenvalue weighted by atomic mass is 31.2. The highest BCUT2D eigenvalue weighted by Crippen LogP contribution is 2.74. The number of hydrogen-bond donors (Lipinski definition) is 0. The van der Waals surface area contributed by atoms with E-state index in [1.165, 1.54) is 6.08 Å². The number of hydrogen-bond acceptors (Lipinski definition) is 8. The number of esters is 1. The van der Waals surface area contributed by atoms with Crippen molar-refractivity contribution in [3.63, 3.8) is 0 Å². The summed E-state index contributed by atoms with van der Waals surface area (Å²) in [5.41, 5.74) is 4.50. The maximum atomic E-state index is 16.5. The summed E-state index contributed by atoms with van der Waals surface area (Å²) >= 11 is 0. The van der Waals surface area contributed by atoms with Gasteiger partial charge in [0, 0.05) is 80.4 Å². The van der Waals surface area contributed by atoms with Gasteiger partial charge in [-0.1, -0.05) is 19.9 Å². The van der Waals surface area contributed by atoms with Gasteiger partial charge in [-0.3, -0.25) is 4.57 Å². The fourth-order valence-corrected chi connectivity index (χ4v) is 11.9. The van der Waals surface area contributed by atoms with Gasteiger partial charge in [0.05, 0.1) is 19.8 Å². The van der Waals surface area contributed by atoms with Gasteiger partial charge in [0.25, 0.3) is 5.34 Å². The number of ether oxygens (including phenoxy) is 3. The quantitative estimate of drug-likeness (QED) is 0.109. The van der Waals surface area contributed by atoms with Gasteiger partial charge in [0.2, 0.25) is 0 Å². The molecule has 0 amide bonds. The fraction of sp³-hybridized carbons (Fsp3) is 0.615. The van der Waals surface area contributed by atoms with Crippen molar-refractivity contribution in [1.82, 2.24) is 4.67 Å². The van der Waals surface area contributed by atoms with Crippen molar-refractivity contribution in [1.29, 1.82) is 0 Å². The summed E-state index contributed by atoms with van der Waals surface area (Å²) in [6.45, 7) is 18.6. The molecular formula is C39H55F3N3O6P. The second kappa shape index (κ2) is 15.5. The van der Waals surface area contributed by atoms with Crippen molar-refractivity contribution in [3.8, 4) is 0 Å². The van der Waals surface area contributed by atoms with E-state index >= 15 is 4.57 Å². The minimum absolute atomic E-state index is 0.251. The highest BCUT2D eigenvalue weighted by molar-refractivity contribution is 7.58. The lowest BCUT2D eigenvalue weighted by molar-refractivity contribution is -0.207. The number of aryl methyl sites for hydroxylation is 2. The van der Waals surface area contributed by atoms with E-state index in [9.17, 15) is 18.0 Å². The molecule has 52 heavy (non-hydrogen) atoms. The van der Waals surface area contributed by atoms with Crippen LogP contribution in [-0.4, -0.2) is 89.1 Å². The molecule has 5 rings (SSSR count). The van der Waals surface area contributed by atoms with Gasteiger partial charge in [-0.2, -0.15) is 13.2 Å². The third-order valence-electron chi connectivity index (χ3n) is 10.7. The zero-order valence-corrected chi connectivity index (χ0v) is 32.8. The van der Waals surface area contributed by atoms with Crippen LogP contribution >= 0.6 is 7.52 Å². The van der Waals surface area contributed by atoms with Gasteiger partial charge >= 0.3 is 19.7 Å². The first-order valence-corrected chi connectivity index (χ1v) is 19.8. The normalized spacial score (nSPS) is 18.8. The average molecular weight is 750 g/mol. The van der Waals surface area contributed by atoms with Crippen LogP contribution in [0.15, 0.2) is 36.9 Å². The van der Waals surface area contributed by atoms with Crippen LogP contribution in [0.2, 0.25) is 0 Å². The van der Waals surface area contributed by atoms with E-state index in [1.54, 1.807) is 18.9 Å². The topological polar surface area (TPSA) is 80.8 Å². The number of anilines is 2. The fourth-order valence-electron chi connectivity index (χ4n) is 8.51. The smallest absolute Gasteiger partial charge is 0.430 e. The third kappa shape index (κ3) is 6.94. The average Bonchev–Trinajstić information content (AvgIpc) is 3.08. The molecule has 0 aromatic heterocycles. The summed E-state index contributed by atoms with van der Waals surface area (Å²) in [7, 11) is -1.40. The van der Waals surface area contributed by atoms with Crippen molar-refractivity contribution >= 4 is 24.9 Å². The van der Waals surface area contributed by atoms with Crippen LogP contribution in [0.4, 0.5) is 24.5 Å². The van der Waals surface area contributed by atoms with E-state index in [0.29, 0.717) is 50.3 Å². The van der Waals surface area contributed by atoms with E-state index in [4.69, 9.17) is 18.7 Å². The van der Waals surface area contributed by atoms with Crippen molar-refractivity contribution in [2.75, 3.05) is 70.0 Å². The monoisotopic (exact) mass is 749 g/mol. The van der Waals surface area contributed by atoms with Crippen molar-refractivity contribution in [2.24, 2.45) is 0 Å². The number of halogens is 3. The number of rotatable bonds is 14. The number of benzene rings is 2. The maximum absolute atomic E-state index is 16.5. The van der Waals surface area contributed by atoms with Crippen LogP contribution in [-0.2, 0) is 51.7 Å². The van der Waals surface area contributed by atoms with E-state index < -0.39 is 42.5 Å².